The highest BCUT2D eigenvalue weighted by Gasteiger charge is 2.20. The maximum Gasteiger partial charge on any atom is 0.226 e. The monoisotopic (exact) mass is 407 g/mol. The Morgan fingerprint density at radius 2 is 1.77 bits per heavy atom. The summed E-state index contributed by atoms with van der Waals surface area (Å²) in [5, 5.41) is 13.5. The largest absolute Gasteiger partial charge is 0.508 e. The van der Waals surface area contributed by atoms with Crippen molar-refractivity contribution in [1.29, 1.82) is 0 Å². The summed E-state index contributed by atoms with van der Waals surface area (Å²) in [5.41, 5.74) is 0. The van der Waals surface area contributed by atoms with Gasteiger partial charge in [-0.25, -0.2) is 0 Å². The molecule has 9 heteroatoms. The van der Waals surface area contributed by atoms with Crippen molar-refractivity contribution in [3.05, 3.63) is 22.2 Å². The van der Waals surface area contributed by atoms with Crippen LogP contribution in [-0.2, 0) is 4.84 Å². The fraction of sp³-hybridized carbons (Fsp3) is 0.462. The van der Waals surface area contributed by atoms with E-state index in [1.54, 1.807) is 6.21 Å². The summed E-state index contributed by atoms with van der Waals surface area (Å²) < 4.78 is 4.03. The van der Waals surface area contributed by atoms with Crippen LogP contribution in [0.4, 0.5) is 0 Å². The number of alkyl halides is 3. The lowest BCUT2D eigenvalue weighted by Gasteiger charge is -2.10. The quantitative estimate of drug-likeness (QED) is 0.262. The Balaban J connectivity index is 2.18. The van der Waals surface area contributed by atoms with Crippen LogP contribution in [0.5, 0.6) is 11.5 Å². The smallest absolute Gasteiger partial charge is 0.226 e. The molecule has 0 bridgehead atoms. The first kappa shape index (κ1) is 19.8. The molecule has 0 radical (unpaired) electrons. The SMILES string of the molecule is Oc1cc(Cl)c(OCCCCC=NOCC(Cl)(Cl)Cl)c(Cl)c1. The molecule has 0 aliphatic heterocycles. The number of phenols is 1. The van der Waals surface area contributed by atoms with Crippen LogP contribution >= 0.6 is 58.0 Å². The molecule has 0 saturated carbocycles. The number of hydrogen-bond donors (Lipinski definition) is 1. The summed E-state index contributed by atoms with van der Waals surface area (Å²) >= 11 is 28.3. The summed E-state index contributed by atoms with van der Waals surface area (Å²) in [6, 6.07) is 2.74. The topological polar surface area (TPSA) is 51.0 Å². The summed E-state index contributed by atoms with van der Waals surface area (Å²) in [7, 11) is 0. The second-order valence-corrected chi connectivity index (χ2v) is 7.59. The normalized spacial score (nSPS) is 11.9. The number of halogens is 5. The van der Waals surface area contributed by atoms with Gasteiger partial charge in [0.15, 0.2) is 12.4 Å². The Labute approximate surface area is 153 Å². The minimum atomic E-state index is -1.46. The molecular weight excluding hydrogens is 395 g/mol. The van der Waals surface area contributed by atoms with Crippen molar-refractivity contribution >= 4 is 64.2 Å². The zero-order chi connectivity index (χ0) is 16.6. The maximum atomic E-state index is 9.31. The van der Waals surface area contributed by atoms with E-state index in [-0.39, 0.29) is 22.4 Å². The maximum absolute atomic E-state index is 9.31. The van der Waals surface area contributed by atoms with Crippen molar-refractivity contribution in [2.45, 2.75) is 23.1 Å². The molecule has 1 aromatic rings. The third-order valence-corrected chi connectivity index (χ3v) is 3.22. The van der Waals surface area contributed by atoms with Gasteiger partial charge in [0.25, 0.3) is 0 Å². The van der Waals surface area contributed by atoms with E-state index in [1.807, 2.05) is 0 Å². The Kier molecular flexibility index (Phi) is 8.80. The van der Waals surface area contributed by atoms with Gasteiger partial charge in [0.2, 0.25) is 3.79 Å². The van der Waals surface area contributed by atoms with E-state index in [0.717, 1.165) is 12.8 Å². The third kappa shape index (κ3) is 8.39. The van der Waals surface area contributed by atoms with Crippen LogP contribution in [0.25, 0.3) is 0 Å². The summed E-state index contributed by atoms with van der Waals surface area (Å²) in [6.45, 7) is 0.336. The second-order valence-electron chi connectivity index (χ2n) is 4.26. The highest BCUT2D eigenvalue weighted by molar-refractivity contribution is 6.67. The van der Waals surface area contributed by atoms with Crippen LogP contribution in [-0.4, -0.2) is 28.3 Å². The number of ether oxygens (including phenoxy) is 1. The molecule has 0 amide bonds. The molecule has 0 atom stereocenters. The zero-order valence-electron chi connectivity index (χ0n) is 11.4. The molecule has 1 N–H and O–H groups in total. The van der Waals surface area contributed by atoms with Crippen LogP contribution < -0.4 is 4.74 Å². The van der Waals surface area contributed by atoms with Gasteiger partial charge in [0.1, 0.15) is 5.75 Å². The molecule has 0 fully saturated rings. The number of benzene rings is 1. The van der Waals surface area contributed by atoms with Crippen LogP contribution in [0, 0.1) is 0 Å². The van der Waals surface area contributed by atoms with Crippen LogP contribution in [0.3, 0.4) is 0 Å². The minimum Gasteiger partial charge on any atom is -0.508 e. The molecule has 0 aliphatic rings. The minimum absolute atomic E-state index is 0.00609. The molecule has 0 spiro atoms. The Hall–Kier alpha value is -0.260. The van der Waals surface area contributed by atoms with Crippen molar-refractivity contribution in [1.82, 2.24) is 0 Å². The van der Waals surface area contributed by atoms with Gasteiger partial charge in [0, 0.05) is 18.3 Å². The van der Waals surface area contributed by atoms with Gasteiger partial charge in [0.05, 0.1) is 16.7 Å². The number of rotatable bonds is 8. The van der Waals surface area contributed by atoms with E-state index in [9.17, 15) is 5.11 Å². The van der Waals surface area contributed by atoms with Crippen LogP contribution in [0.2, 0.25) is 10.0 Å². The Bertz CT molecular complexity index is 482. The van der Waals surface area contributed by atoms with Crippen molar-refractivity contribution < 1.29 is 14.7 Å². The predicted octanol–water partition coefficient (Wildman–Crippen LogP) is 5.62. The van der Waals surface area contributed by atoms with Gasteiger partial charge < -0.3 is 14.7 Å². The number of unbranched alkanes of at least 4 members (excludes halogenated alkanes) is 2. The van der Waals surface area contributed by atoms with E-state index in [4.69, 9.17) is 67.6 Å². The van der Waals surface area contributed by atoms with E-state index in [2.05, 4.69) is 5.16 Å². The number of oxime groups is 1. The Morgan fingerprint density at radius 1 is 1.14 bits per heavy atom. The molecular formula is C13H14Cl5NO3. The molecule has 4 nitrogen and oxygen atoms in total. The molecule has 0 unspecified atom stereocenters. The second kappa shape index (κ2) is 9.78. The standard InChI is InChI=1S/C13H14Cl5NO3/c14-10-6-9(20)7-11(15)12(10)21-5-3-1-2-4-19-22-8-13(16,17)18/h4,6-7,20H,1-3,5,8H2. The summed E-state index contributed by atoms with van der Waals surface area (Å²) in [4.78, 5) is 4.80. The lowest BCUT2D eigenvalue weighted by Crippen LogP contribution is -2.10. The van der Waals surface area contributed by atoms with Crippen molar-refractivity contribution in [2.24, 2.45) is 5.16 Å². The summed E-state index contributed by atoms with van der Waals surface area (Å²) in [5.74, 6) is 0.356. The first-order chi connectivity index (χ1) is 10.3. The number of hydrogen-bond acceptors (Lipinski definition) is 4. The summed E-state index contributed by atoms with van der Waals surface area (Å²) in [6.07, 6.45) is 3.88. The zero-order valence-corrected chi connectivity index (χ0v) is 15.1. The molecule has 22 heavy (non-hydrogen) atoms. The first-order valence-electron chi connectivity index (χ1n) is 6.31. The van der Waals surface area contributed by atoms with Crippen molar-refractivity contribution in [3.8, 4) is 11.5 Å². The number of nitrogens with zero attached hydrogens (tertiary/aromatic N) is 1. The first-order valence-corrected chi connectivity index (χ1v) is 8.20. The third-order valence-electron chi connectivity index (χ3n) is 2.33. The van der Waals surface area contributed by atoms with E-state index >= 15 is 0 Å². The average molecular weight is 410 g/mol. The lowest BCUT2D eigenvalue weighted by molar-refractivity contribution is 0.150. The number of aromatic hydroxyl groups is 1. The molecule has 0 aliphatic carbocycles. The molecule has 1 rings (SSSR count). The molecule has 0 heterocycles. The van der Waals surface area contributed by atoms with Gasteiger partial charge in [-0.2, -0.15) is 0 Å². The van der Waals surface area contributed by atoms with Gasteiger partial charge >= 0.3 is 0 Å². The molecule has 0 saturated heterocycles. The highest BCUT2D eigenvalue weighted by Crippen LogP contribution is 2.36. The molecule has 1 aromatic carbocycles. The van der Waals surface area contributed by atoms with Crippen molar-refractivity contribution in [2.75, 3.05) is 13.2 Å². The van der Waals surface area contributed by atoms with Gasteiger partial charge in [-0.1, -0.05) is 63.2 Å². The van der Waals surface area contributed by atoms with E-state index in [1.165, 1.54) is 12.1 Å². The van der Waals surface area contributed by atoms with Gasteiger partial charge in [-0.3, -0.25) is 0 Å². The van der Waals surface area contributed by atoms with Gasteiger partial charge in [-0.05, 0) is 19.3 Å². The molecule has 124 valence electrons. The predicted molar refractivity (Wildman–Crippen MR) is 92.2 cm³/mol. The number of phenolic OH excluding ortho intramolecular Hbond substituents is 1. The van der Waals surface area contributed by atoms with E-state index < -0.39 is 3.79 Å². The lowest BCUT2D eigenvalue weighted by atomic mass is 10.2. The van der Waals surface area contributed by atoms with Gasteiger partial charge in [-0.15, -0.1) is 0 Å². The van der Waals surface area contributed by atoms with Crippen LogP contribution in [0.1, 0.15) is 19.3 Å². The fourth-order valence-electron chi connectivity index (χ4n) is 1.41. The Morgan fingerprint density at radius 3 is 2.36 bits per heavy atom. The highest BCUT2D eigenvalue weighted by atomic mass is 35.6. The van der Waals surface area contributed by atoms with E-state index in [0.29, 0.717) is 18.8 Å². The van der Waals surface area contributed by atoms with Crippen molar-refractivity contribution in [3.63, 3.8) is 0 Å². The van der Waals surface area contributed by atoms with Crippen LogP contribution in [0.15, 0.2) is 17.3 Å². The average Bonchev–Trinajstić information content (AvgIpc) is 2.37. The fourth-order valence-corrected chi connectivity index (χ4v) is 2.14. The molecule has 0 aromatic heterocycles.